The molecule has 96 valence electrons. The van der Waals surface area contributed by atoms with Crippen LogP contribution in [0.2, 0.25) is 0 Å². The molecule has 2 atom stereocenters. The van der Waals surface area contributed by atoms with Crippen LogP contribution >= 0.6 is 11.3 Å². The number of carboxylic acid groups (broad SMARTS) is 1. The molecule has 2 aromatic rings. The molecule has 0 radical (unpaired) electrons. The van der Waals surface area contributed by atoms with Gasteiger partial charge in [0.15, 0.2) is 6.10 Å². The number of esters is 1. The van der Waals surface area contributed by atoms with Crippen molar-refractivity contribution in [2.75, 3.05) is 0 Å². The van der Waals surface area contributed by atoms with E-state index in [4.69, 9.17) is 4.74 Å². The number of carbonyl (C=O) groups excluding carboxylic acids is 1. The molecule has 3 rings (SSSR count). The van der Waals surface area contributed by atoms with Crippen molar-refractivity contribution in [3.8, 4) is 0 Å². The van der Waals surface area contributed by atoms with E-state index >= 15 is 0 Å². The molecule has 0 saturated carbocycles. The van der Waals surface area contributed by atoms with Gasteiger partial charge in [0, 0.05) is 4.88 Å². The highest BCUT2D eigenvalue weighted by atomic mass is 32.1. The predicted molar refractivity (Wildman–Crippen MR) is 69.3 cm³/mol. The number of cyclic esters (lactones) is 1. The summed E-state index contributed by atoms with van der Waals surface area (Å²) in [6.07, 6.45) is -0.750. The Labute approximate surface area is 113 Å². The fourth-order valence-corrected chi connectivity index (χ4v) is 3.09. The average molecular weight is 274 g/mol. The lowest BCUT2D eigenvalue weighted by atomic mass is 9.86. The van der Waals surface area contributed by atoms with Crippen LogP contribution in [-0.2, 0) is 9.53 Å². The first kappa shape index (κ1) is 11.9. The molecular formula is C14H10O4S. The summed E-state index contributed by atoms with van der Waals surface area (Å²) >= 11 is 1.39. The fourth-order valence-electron chi connectivity index (χ4n) is 2.30. The fraction of sp³-hybridized carbons (Fsp3) is 0.143. The summed E-state index contributed by atoms with van der Waals surface area (Å²) < 4.78 is 5.32. The SMILES string of the molecule is O=C1OC(c2cccs2)C(C(=O)O)c2ccccc21. The van der Waals surface area contributed by atoms with E-state index in [-0.39, 0.29) is 0 Å². The number of ether oxygens (including phenoxy) is 1. The Balaban J connectivity index is 2.14. The van der Waals surface area contributed by atoms with E-state index < -0.39 is 24.0 Å². The van der Waals surface area contributed by atoms with Gasteiger partial charge in [-0.05, 0) is 23.1 Å². The van der Waals surface area contributed by atoms with Crippen LogP contribution in [0.3, 0.4) is 0 Å². The lowest BCUT2D eigenvalue weighted by Crippen LogP contribution is -2.30. The molecule has 1 aliphatic heterocycles. The second-order valence-corrected chi connectivity index (χ2v) is 5.22. The van der Waals surface area contributed by atoms with Crippen molar-refractivity contribution >= 4 is 23.3 Å². The van der Waals surface area contributed by atoms with Gasteiger partial charge in [0.05, 0.1) is 5.56 Å². The van der Waals surface area contributed by atoms with Crippen molar-refractivity contribution in [3.05, 3.63) is 57.8 Å². The van der Waals surface area contributed by atoms with Crippen LogP contribution in [-0.4, -0.2) is 17.0 Å². The van der Waals surface area contributed by atoms with Gasteiger partial charge in [-0.1, -0.05) is 24.3 Å². The van der Waals surface area contributed by atoms with Crippen LogP contribution in [0.25, 0.3) is 0 Å². The van der Waals surface area contributed by atoms with Gasteiger partial charge in [-0.15, -0.1) is 11.3 Å². The number of fused-ring (bicyclic) bond motifs is 1. The van der Waals surface area contributed by atoms with Crippen molar-refractivity contribution in [1.29, 1.82) is 0 Å². The second-order valence-electron chi connectivity index (χ2n) is 4.24. The van der Waals surface area contributed by atoms with E-state index in [0.29, 0.717) is 11.1 Å². The summed E-state index contributed by atoms with van der Waals surface area (Å²) in [6, 6.07) is 10.3. The average Bonchev–Trinajstić information content (AvgIpc) is 2.92. The van der Waals surface area contributed by atoms with Crippen molar-refractivity contribution in [1.82, 2.24) is 0 Å². The molecule has 0 spiro atoms. The molecule has 4 nitrogen and oxygen atoms in total. The Morgan fingerprint density at radius 2 is 2.00 bits per heavy atom. The highest BCUT2D eigenvalue weighted by Crippen LogP contribution is 2.42. The maximum absolute atomic E-state index is 11.9. The van der Waals surface area contributed by atoms with Gasteiger partial charge >= 0.3 is 11.9 Å². The van der Waals surface area contributed by atoms with Gasteiger partial charge < -0.3 is 9.84 Å². The molecule has 0 fully saturated rings. The van der Waals surface area contributed by atoms with Crippen LogP contribution in [0.15, 0.2) is 41.8 Å². The molecular weight excluding hydrogens is 264 g/mol. The van der Waals surface area contributed by atoms with Crippen LogP contribution in [0, 0.1) is 0 Å². The van der Waals surface area contributed by atoms with E-state index in [0.717, 1.165) is 4.88 Å². The second kappa shape index (κ2) is 4.51. The highest BCUT2D eigenvalue weighted by Gasteiger charge is 2.41. The Bertz CT molecular complexity index is 633. The van der Waals surface area contributed by atoms with E-state index in [1.807, 2.05) is 11.4 Å². The Morgan fingerprint density at radius 3 is 2.68 bits per heavy atom. The maximum Gasteiger partial charge on any atom is 0.339 e. The van der Waals surface area contributed by atoms with E-state index in [1.54, 1.807) is 30.3 Å². The number of carboxylic acids is 1. The van der Waals surface area contributed by atoms with Crippen LogP contribution in [0.1, 0.15) is 32.8 Å². The summed E-state index contributed by atoms with van der Waals surface area (Å²) in [4.78, 5) is 24.2. The number of rotatable bonds is 2. The van der Waals surface area contributed by atoms with Gasteiger partial charge in [0.2, 0.25) is 0 Å². The minimum atomic E-state index is -0.988. The molecule has 1 aromatic carbocycles. The first-order valence-corrected chi connectivity index (χ1v) is 6.62. The van der Waals surface area contributed by atoms with Crippen molar-refractivity contribution in [2.45, 2.75) is 12.0 Å². The third-order valence-electron chi connectivity index (χ3n) is 3.14. The Kier molecular flexibility index (Phi) is 2.83. The Hall–Kier alpha value is -2.14. The number of hydrogen-bond acceptors (Lipinski definition) is 4. The molecule has 0 saturated heterocycles. The third-order valence-corrected chi connectivity index (χ3v) is 4.08. The third kappa shape index (κ3) is 1.92. The largest absolute Gasteiger partial charge is 0.481 e. The molecule has 2 unspecified atom stereocenters. The lowest BCUT2D eigenvalue weighted by molar-refractivity contribution is -0.142. The first-order valence-electron chi connectivity index (χ1n) is 5.74. The topological polar surface area (TPSA) is 63.6 Å². The lowest BCUT2D eigenvalue weighted by Gasteiger charge is -2.29. The Morgan fingerprint density at radius 1 is 1.21 bits per heavy atom. The predicted octanol–water partition coefficient (Wildman–Crippen LogP) is 2.83. The minimum Gasteiger partial charge on any atom is -0.481 e. The maximum atomic E-state index is 11.9. The monoisotopic (exact) mass is 274 g/mol. The standard InChI is InChI=1S/C14H10O4S/c15-13(16)11-8-4-1-2-5-9(8)14(17)18-12(11)10-6-3-7-19-10/h1-7,11-12H,(H,15,16). The summed E-state index contributed by atoms with van der Waals surface area (Å²) in [6.45, 7) is 0. The van der Waals surface area contributed by atoms with Gasteiger partial charge in [0.1, 0.15) is 5.92 Å². The van der Waals surface area contributed by atoms with Crippen molar-refractivity contribution in [3.63, 3.8) is 0 Å². The summed E-state index contributed by atoms with van der Waals surface area (Å²) in [5, 5.41) is 11.3. The first-order chi connectivity index (χ1) is 9.18. The highest BCUT2D eigenvalue weighted by molar-refractivity contribution is 7.10. The molecule has 0 bridgehead atoms. The van der Waals surface area contributed by atoms with E-state index in [1.165, 1.54) is 11.3 Å². The molecule has 1 aliphatic rings. The smallest absolute Gasteiger partial charge is 0.339 e. The molecule has 1 aromatic heterocycles. The van der Waals surface area contributed by atoms with Crippen LogP contribution in [0.4, 0.5) is 0 Å². The molecule has 2 heterocycles. The molecule has 0 aliphatic carbocycles. The molecule has 0 amide bonds. The normalized spacial score (nSPS) is 21.6. The van der Waals surface area contributed by atoms with Crippen LogP contribution in [0.5, 0.6) is 0 Å². The quantitative estimate of drug-likeness (QED) is 0.855. The van der Waals surface area contributed by atoms with Gasteiger partial charge in [-0.25, -0.2) is 4.79 Å². The van der Waals surface area contributed by atoms with Gasteiger partial charge in [-0.2, -0.15) is 0 Å². The minimum absolute atomic E-state index is 0.336. The summed E-state index contributed by atoms with van der Waals surface area (Å²) in [5.41, 5.74) is 0.854. The zero-order chi connectivity index (χ0) is 13.4. The zero-order valence-electron chi connectivity index (χ0n) is 9.78. The number of aliphatic carboxylic acids is 1. The van der Waals surface area contributed by atoms with Gasteiger partial charge in [-0.3, -0.25) is 4.79 Å². The number of hydrogen-bond donors (Lipinski definition) is 1. The molecule has 5 heteroatoms. The van der Waals surface area contributed by atoms with Crippen molar-refractivity contribution < 1.29 is 19.4 Å². The summed E-state index contributed by atoms with van der Waals surface area (Å²) in [7, 11) is 0. The zero-order valence-corrected chi connectivity index (χ0v) is 10.6. The van der Waals surface area contributed by atoms with Crippen LogP contribution < -0.4 is 0 Å². The van der Waals surface area contributed by atoms with Gasteiger partial charge in [0.25, 0.3) is 0 Å². The summed E-state index contributed by atoms with van der Waals surface area (Å²) in [5.74, 6) is -2.31. The van der Waals surface area contributed by atoms with E-state index in [9.17, 15) is 14.7 Å². The number of thiophene rings is 1. The molecule has 19 heavy (non-hydrogen) atoms. The van der Waals surface area contributed by atoms with Crippen molar-refractivity contribution in [2.24, 2.45) is 0 Å². The van der Waals surface area contributed by atoms with E-state index in [2.05, 4.69) is 0 Å². The number of benzene rings is 1. The number of carbonyl (C=O) groups is 2. The molecule has 1 N–H and O–H groups in total.